The molecular formula is C16H16ClN5O3S. The molecule has 1 amide bonds. The summed E-state index contributed by atoms with van der Waals surface area (Å²) in [6.07, 6.45) is 0. The summed E-state index contributed by atoms with van der Waals surface area (Å²) >= 11 is 6.76. The van der Waals surface area contributed by atoms with E-state index >= 15 is 0 Å². The smallest absolute Gasteiger partial charge is 0.257 e. The second-order valence-corrected chi connectivity index (χ2v) is 6.45. The van der Waals surface area contributed by atoms with Crippen LogP contribution in [0.1, 0.15) is 16.1 Å². The summed E-state index contributed by atoms with van der Waals surface area (Å²) in [4.78, 5) is 13.5. The first-order valence-corrected chi connectivity index (χ1v) is 8.68. The van der Waals surface area contributed by atoms with Crippen molar-refractivity contribution >= 4 is 46.6 Å². The van der Waals surface area contributed by atoms with Crippen LogP contribution >= 0.6 is 23.3 Å². The third-order valence-electron chi connectivity index (χ3n) is 3.47. The van der Waals surface area contributed by atoms with Gasteiger partial charge in [-0.05, 0) is 35.9 Å². The number of amides is 1. The number of nitrogens with zero attached hydrogens (tertiary/aromatic N) is 3. The third kappa shape index (κ3) is 3.89. The lowest BCUT2D eigenvalue weighted by Gasteiger charge is -2.14. The van der Waals surface area contributed by atoms with E-state index in [9.17, 15) is 9.90 Å². The Morgan fingerprint density at radius 3 is 2.73 bits per heavy atom. The topological polar surface area (TPSA) is 104 Å². The van der Waals surface area contributed by atoms with Gasteiger partial charge in [0, 0.05) is 14.1 Å². The number of furan rings is 1. The summed E-state index contributed by atoms with van der Waals surface area (Å²) in [6, 6.07) is 8.29. The summed E-state index contributed by atoms with van der Waals surface area (Å²) in [7, 11) is 3.24. The van der Waals surface area contributed by atoms with E-state index in [0.717, 1.165) is 11.7 Å². The number of phenolic OH excluding ortho intramolecular Hbond substituents is 1. The Morgan fingerprint density at radius 1 is 1.27 bits per heavy atom. The summed E-state index contributed by atoms with van der Waals surface area (Å²) in [5.74, 6) is 1.12. The van der Waals surface area contributed by atoms with Crippen LogP contribution in [0, 0.1) is 0 Å². The monoisotopic (exact) mass is 393 g/mol. The normalized spacial score (nSPS) is 10.6. The third-order valence-corrected chi connectivity index (χ3v) is 4.20. The van der Waals surface area contributed by atoms with Crippen LogP contribution in [0.15, 0.2) is 34.7 Å². The molecule has 26 heavy (non-hydrogen) atoms. The zero-order valence-electron chi connectivity index (χ0n) is 14.0. The highest BCUT2D eigenvalue weighted by Crippen LogP contribution is 2.32. The van der Waals surface area contributed by atoms with E-state index < -0.39 is 0 Å². The van der Waals surface area contributed by atoms with E-state index in [1.807, 2.05) is 0 Å². The van der Waals surface area contributed by atoms with Crippen molar-refractivity contribution in [2.24, 2.45) is 0 Å². The fraction of sp³-hybridized carbons (Fsp3) is 0.188. The minimum atomic E-state index is -0.296. The SMILES string of the molecule is CN(C)C(=O)c1cccc(Nc2nsnc2NCc2ccc(Cl)o2)c1O. The standard InChI is InChI=1S/C16H16ClN5O3S/c1-22(2)16(24)10-4-3-5-11(13(10)23)19-15-14(20-26-21-15)18-8-9-6-7-12(17)25-9/h3-7,23H,8H2,1-2H3,(H,18,20)(H,19,21). The molecule has 0 aliphatic rings. The molecule has 1 aromatic carbocycles. The second-order valence-electron chi connectivity index (χ2n) is 5.55. The molecule has 2 aromatic heterocycles. The summed E-state index contributed by atoms with van der Waals surface area (Å²) in [5.41, 5.74) is 0.553. The van der Waals surface area contributed by atoms with E-state index in [-0.39, 0.29) is 17.2 Å². The predicted molar refractivity (Wildman–Crippen MR) is 100 cm³/mol. The molecule has 0 unspecified atom stereocenters. The van der Waals surface area contributed by atoms with Gasteiger partial charge >= 0.3 is 0 Å². The molecule has 0 atom stereocenters. The fourth-order valence-electron chi connectivity index (χ4n) is 2.19. The number of para-hydroxylation sites is 1. The van der Waals surface area contributed by atoms with E-state index in [1.165, 1.54) is 4.90 Å². The molecule has 10 heteroatoms. The molecule has 0 saturated carbocycles. The van der Waals surface area contributed by atoms with Crippen LogP contribution in [0.5, 0.6) is 5.75 Å². The van der Waals surface area contributed by atoms with Crippen molar-refractivity contribution in [2.45, 2.75) is 6.54 Å². The fourth-order valence-corrected chi connectivity index (χ4v) is 2.84. The number of nitrogens with one attached hydrogen (secondary N) is 2. The number of phenols is 1. The van der Waals surface area contributed by atoms with Gasteiger partial charge in [-0.25, -0.2) is 0 Å². The molecule has 0 aliphatic carbocycles. The largest absolute Gasteiger partial charge is 0.505 e. The average molecular weight is 394 g/mol. The molecule has 136 valence electrons. The van der Waals surface area contributed by atoms with Crippen LogP contribution < -0.4 is 10.6 Å². The Morgan fingerprint density at radius 2 is 2.04 bits per heavy atom. The molecule has 8 nitrogen and oxygen atoms in total. The van der Waals surface area contributed by atoms with Gasteiger partial charge in [0.05, 0.1) is 29.5 Å². The molecule has 0 bridgehead atoms. The van der Waals surface area contributed by atoms with Crippen LogP contribution in [0.3, 0.4) is 0 Å². The van der Waals surface area contributed by atoms with Crippen molar-refractivity contribution in [3.63, 3.8) is 0 Å². The van der Waals surface area contributed by atoms with Crippen molar-refractivity contribution in [1.82, 2.24) is 13.6 Å². The van der Waals surface area contributed by atoms with Crippen molar-refractivity contribution in [1.29, 1.82) is 0 Å². The van der Waals surface area contributed by atoms with Gasteiger partial charge in [0.2, 0.25) is 0 Å². The first-order valence-electron chi connectivity index (χ1n) is 7.57. The van der Waals surface area contributed by atoms with E-state index in [1.54, 1.807) is 44.4 Å². The lowest BCUT2D eigenvalue weighted by Crippen LogP contribution is -2.21. The zero-order chi connectivity index (χ0) is 18.7. The predicted octanol–water partition coefficient (Wildman–Crippen LogP) is 3.55. The molecule has 3 N–H and O–H groups in total. The van der Waals surface area contributed by atoms with Crippen LogP contribution in [0.4, 0.5) is 17.3 Å². The van der Waals surface area contributed by atoms with Crippen LogP contribution in [0.25, 0.3) is 0 Å². The van der Waals surface area contributed by atoms with Crippen molar-refractivity contribution in [2.75, 3.05) is 24.7 Å². The van der Waals surface area contributed by atoms with Crippen molar-refractivity contribution in [3.05, 3.63) is 46.9 Å². The van der Waals surface area contributed by atoms with Crippen molar-refractivity contribution < 1.29 is 14.3 Å². The highest BCUT2D eigenvalue weighted by Gasteiger charge is 2.17. The number of carbonyl (C=O) groups is 1. The number of aromatic nitrogens is 2. The first kappa shape index (κ1) is 18.0. The second kappa shape index (κ2) is 7.63. The summed E-state index contributed by atoms with van der Waals surface area (Å²) < 4.78 is 13.6. The van der Waals surface area contributed by atoms with E-state index in [0.29, 0.717) is 34.8 Å². The number of anilines is 3. The van der Waals surface area contributed by atoms with Crippen molar-refractivity contribution in [3.8, 4) is 5.75 Å². The lowest BCUT2D eigenvalue weighted by molar-refractivity contribution is 0.0824. The van der Waals surface area contributed by atoms with Gasteiger partial charge in [0.1, 0.15) is 5.76 Å². The molecule has 2 heterocycles. The first-order chi connectivity index (χ1) is 12.5. The Bertz CT molecular complexity index is 924. The van der Waals surface area contributed by atoms with Gasteiger partial charge in [-0.15, -0.1) is 0 Å². The van der Waals surface area contributed by atoms with Gasteiger partial charge < -0.3 is 25.1 Å². The quantitative estimate of drug-likeness (QED) is 0.550. The molecular weight excluding hydrogens is 378 g/mol. The van der Waals surface area contributed by atoms with Gasteiger partial charge in [-0.3, -0.25) is 4.79 Å². The maximum Gasteiger partial charge on any atom is 0.257 e. The Hall–Kier alpha value is -2.78. The number of rotatable bonds is 6. The number of hydrogen-bond acceptors (Lipinski definition) is 8. The van der Waals surface area contributed by atoms with E-state index in [4.69, 9.17) is 16.0 Å². The van der Waals surface area contributed by atoms with Crippen LogP contribution in [0.2, 0.25) is 5.22 Å². The Balaban J connectivity index is 1.77. The molecule has 0 saturated heterocycles. The maximum atomic E-state index is 12.1. The Labute approximate surface area is 158 Å². The highest BCUT2D eigenvalue weighted by molar-refractivity contribution is 6.99. The zero-order valence-corrected chi connectivity index (χ0v) is 15.6. The highest BCUT2D eigenvalue weighted by atomic mass is 35.5. The van der Waals surface area contributed by atoms with Gasteiger partial charge in [0.25, 0.3) is 5.91 Å². The summed E-state index contributed by atoms with van der Waals surface area (Å²) in [6.45, 7) is 0.373. The average Bonchev–Trinajstić information content (AvgIpc) is 3.23. The molecule has 0 radical (unpaired) electrons. The molecule has 0 fully saturated rings. The van der Waals surface area contributed by atoms with Gasteiger partial charge in [-0.1, -0.05) is 6.07 Å². The number of halogens is 1. The number of aromatic hydroxyl groups is 1. The molecule has 0 spiro atoms. The number of benzene rings is 1. The summed E-state index contributed by atoms with van der Waals surface area (Å²) in [5, 5.41) is 16.8. The van der Waals surface area contributed by atoms with Crippen LogP contribution in [-0.4, -0.2) is 38.8 Å². The number of carbonyl (C=O) groups excluding carboxylic acids is 1. The number of hydrogen-bond donors (Lipinski definition) is 3. The minimum Gasteiger partial charge on any atom is -0.505 e. The Kier molecular flexibility index (Phi) is 5.29. The maximum absolute atomic E-state index is 12.1. The molecule has 0 aliphatic heterocycles. The lowest BCUT2D eigenvalue weighted by atomic mass is 10.1. The van der Waals surface area contributed by atoms with Gasteiger partial charge in [0.15, 0.2) is 22.6 Å². The van der Waals surface area contributed by atoms with Crippen LogP contribution in [-0.2, 0) is 6.54 Å². The van der Waals surface area contributed by atoms with E-state index in [2.05, 4.69) is 19.4 Å². The minimum absolute atomic E-state index is 0.150. The molecule has 3 aromatic rings. The van der Waals surface area contributed by atoms with Gasteiger partial charge in [-0.2, -0.15) is 8.75 Å². The molecule has 3 rings (SSSR count).